The van der Waals surface area contributed by atoms with Gasteiger partial charge in [0.2, 0.25) is 0 Å². The Labute approximate surface area is 136 Å². The van der Waals surface area contributed by atoms with Crippen molar-refractivity contribution in [1.29, 1.82) is 0 Å². The predicted octanol–water partition coefficient (Wildman–Crippen LogP) is 3.93. The summed E-state index contributed by atoms with van der Waals surface area (Å²) >= 11 is 0. The summed E-state index contributed by atoms with van der Waals surface area (Å²) in [7, 11) is 2.13. The van der Waals surface area contributed by atoms with Crippen molar-refractivity contribution in [1.82, 2.24) is 4.98 Å². The van der Waals surface area contributed by atoms with E-state index in [-0.39, 0.29) is 11.2 Å². The molecule has 4 rings (SSSR count). The minimum atomic E-state index is -0.254. The molecule has 2 aliphatic rings. The maximum Gasteiger partial charge on any atom is 0.149 e. The van der Waals surface area contributed by atoms with Crippen molar-refractivity contribution in [2.45, 2.75) is 39.3 Å². The Kier molecular flexibility index (Phi) is 3.17. The van der Waals surface area contributed by atoms with Crippen LogP contribution in [0.3, 0.4) is 0 Å². The number of pyridine rings is 1. The molecule has 0 amide bonds. The molecule has 3 nitrogen and oxygen atoms in total. The minimum Gasteiger partial charge on any atom is -0.377 e. The zero-order valence-corrected chi connectivity index (χ0v) is 14.1. The van der Waals surface area contributed by atoms with Gasteiger partial charge in [-0.15, -0.1) is 0 Å². The lowest BCUT2D eigenvalue weighted by Gasteiger charge is -2.58. The lowest BCUT2D eigenvalue weighted by Crippen LogP contribution is -2.66. The standard InChI is InChI=1S/C19H23FN2O/c1-11-10-15(12-6-5-7-14(20)16(12)21-11)22(4)17-13-8-9-23-18(13)19(17,2)3/h5-7,10,13,17-18H,8-9H2,1-4H3. The van der Waals surface area contributed by atoms with Gasteiger partial charge in [0.1, 0.15) is 11.3 Å². The smallest absolute Gasteiger partial charge is 0.149 e. The van der Waals surface area contributed by atoms with Gasteiger partial charge in [-0.2, -0.15) is 0 Å². The number of aromatic nitrogens is 1. The molecule has 1 aliphatic carbocycles. The van der Waals surface area contributed by atoms with Crippen LogP contribution >= 0.6 is 0 Å². The van der Waals surface area contributed by atoms with Crippen LogP contribution in [0.15, 0.2) is 24.3 Å². The second-order valence-corrected chi connectivity index (χ2v) is 7.54. The molecule has 2 aromatic rings. The molecule has 0 N–H and O–H groups in total. The quantitative estimate of drug-likeness (QED) is 0.840. The number of halogens is 1. The highest BCUT2D eigenvalue weighted by atomic mass is 19.1. The molecule has 1 saturated carbocycles. The van der Waals surface area contributed by atoms with E-state index in [1.165, 1.54) is 6.07 Å². The predicted molar refractivity (Wildman–Crippen MR) is 90.3 cm³/mol. The van der Waals surface area contributed by atoms with Crippen LogP contribution in [0.5, 0.6) is 0 Å². The van der Waals surface area contributed by atoms with Gasteiger partial charge in [0, 0.05) is 47.8 Å². The number of aryl methyl sites for hydroxylation is 1. The molecule has 1 aliphatic heterocycles. The second kappa shape index (κ2) is 4.91. The van der Waals surface area contributed by atoms with E-state index >= 15 is 0 Å². The molecular formula is C19H23FN2O. The Morgan fingerprint density at radius 1 is 1.35 bits per heavy atom. The molecule has 0 radical (unpaired) electrons. The van der Waals surface area contributed by atoms with Gasteiger partial charge in [0.15, 0.2) is 0 Å². The molecule has 2 heterocycles. The molecular weight excluding hydrogens is 291 g/mol. The number of hydrogen-bond acceptors (Lipinski definition) is 3. The Morgan fingerprint density at radius 3 is 2.91 bits per heavy atom. The summed E-state index contributed by atoms with van der Waals surface area (Å²) in [5.74, 6) is 0.308. The number of fused-ring (bicyclic) bond motifs is 2. The summed E-state index contributed by atoms with van der Waals surface area (Å²) in [5.41, 5.74) is 2.48. The third-order valence-electron chi connectivity index (χ3n) is 5.73. The fourth-order valence-electron chi connectivity index (χ4n) is 4.85. The van der Waals surface area contributed by atoms with Crippen LogP contribution in [0.4, 0.5) is 10.1 Å². The summed E-state index contributed by atoms with van der Waals surface area (Å²) in [6.07, 6.45) is 1.46. The molecule has 0 spiro atoms. The Balaban J connectivity index is 1.81. The van der Waals surface area contributed by atoms with Crippen molar-refractivity contribution in [3.63, 3.8) is 0 Å². The van der Waals surface area contributed by atoms with Gasteiger partial charge in [0.05, 0.1) is 6.10 Å². The molecule has 3 unspecified atom stereocenters. The maximum atomic E-state index is 14.2. The first-order valence-corrected chi connectivity index (χ1v) is 8.31. The van der Waals surface area contributed by atoms with Gasteiger partial charge in [-0.3, -0.25) is 0 Å². The molecule has 1 aromatic carbocycles. The number of anilines is 1. The molecule has 0 bridgehead atoms. The summed E-state index contributed by atoms with van der Waals surface area (Å²) in [6.45, 7) is 7.33. The average molecular weight is 314 g/mol. The molecule has 3 atom stereocenters. The first-order chi connectivity index (χ1) is 10.9. The molecule has 122 valence electrons. The fraction of sp³-hybridized carbons (Fsp3) is 0.526. The maximum absolute atomic E-state index is 14.2. The summed E-state index contributed by atoms with van der Waals surface area (Å²) < 4.78 is 20.1. The van der Waals surface area contributed by atoms with Crippen LogP contribution in [0, 0.1) is 24.1 Å². The molecule has 4 heteroatoms. The number of nitrogens with zero attached hydrogens (tertiary/aromatic N) is 2. The Hall–Kier alpha value is -1.68. The van der Waals surface area contributed by atoms with Crippen molar-refractivity contribution in [2.24, 2.45) is 11.3 Å². The third kappa shape index (κ3) is 2.01. The largest absolute Gasteiger partial charge is 0.377 e. The van der Waals surface area contributed by atoms with Crippen LogP contribution in [0.2, 0.25) is 0 Å². The zero-order valence-electron chi connectivity index (χ0n) is 14.1. The van der Waals surface area contributed by atoms with E-state index in [0.717, 1.165) is 29.8 Å². The molecule has 1 saturated heterocycles. The number of benzene rings is 1. The van der Waals surface area contributed by atoms with Crippen LogP contribution in [-0.4, -0.2) is 30.8 Å². The zero-order chi connectivity index (χ0) is 16.4. The number of ether oxygens (including phenoxy) is 1. The van der Waals surface area contributed by atoms with Gasteiger partial charge in [-0.05, 0) is 25.5 Å². The van der Waals surface area contributed by atoms with Gasteiger partial charge in [0.25, 0.3) is 0 Å². The highest BCUT2D eigenvalue weighted by Crippen LogP contribution is 2.55. The summed E-state index contributed by atoms with van der Waals surface area (Å²) in [5, 5.41) is 0.885. The lowest BCUT2D eigenvalue weighted by molar-refractivity contribution is -0.100. The van der Waals surface area contributed by atoms with E-state index in [2.05, 4.69) is 36.8 Å². The number of rotatable bonds is 2. The molecule has 23 heavy (non-hydrogen) atoms. The van der Waals surface area contributed by atoms with E-state index in [0.29, 0.717) is 23.6 Å². The van der Waals surface area contributed by atoms with Crippen molar-refractivity contribution in [2.75, 3.05) is 18.6 Å². The highest BCUT2D eigenvalue weighted by Gasteiger charge is 2.60. The van der Waals surface area contributed by atoms with E-state index in [4.69, 9.17) is 4.74 Å². The number of para-hydroxylation sites is 1. The van der Waals surface area contributed by atoms with E-state index in [9.17, 15) is 4.39 Å². The number of hydrogen-bond donors (Lipinski definition) is 0. The van der Waals surface area contributed by atoms with Gasteiger partial charge in [-0.1, -0.05) is 26.0 Å². The average Bonchev–Trinajstić information content (AvgIpc) is 2.93. The Morgan fingerprint density at radius 2 is 2.13 bits per heavy atom. The molecule has 2 fully saturated rings. The summed E-state index contributed by atoms with van der Waals surface area (Å²) in [4.78, 5) is 6.72. The van der Waals surface area contributed by atoms with Crippen LogP contribution < -0.4 is 4.90 Å². The Bertz CT molecular complexity index is 773. The second-order valence-electron chi connectivity index (χ2n) is 7.54. The minimum absolute atomic E-state index is 0.104. The van der Waals surface area contributed by atoms with Crippen molar-refractivity contribution in [3.8, 4) is 0 Å². The first-order valence-electron chi connectivity index (χ1n) is 8.31. The fourth-order valence-corrected chi connectivity index (χ4v) is 4.85. The highest BCUT2D eigenvalue weighted by molar-refractivity contribution is 5.92. The van der Waals surface area contributed by atoms with E-state index in [1.54, 1.807) is 6.07 Å². The van der Waals surface area contributed by atoms with Gasteiger partial charge >= 0.3 is 0 Å². The SMILES string of the molecule is Cc1cc(N(C)C2C3CCOC3C2(C)C)c2cccc(F)c2n1. The van der Waals surface area contributed by atoms with Crippen molar-refractivity contribution in [3.05, 3.63) is 35.8 Å². The topological polar surface area (TPSA) is 25.4 Å². The first kappa shape index (κ1) is 14.9. The van der Waals surface area contributed by atoms with Crippen LogP contribution in [0.1, 0.15) is 26.0 Å². The monoisotopic (exact) mass is 314 g/mol. The van der Waals surface area contributed by atoms with Crippen molar-refractivity contribution < 1.29 is 9.13 Å². The lowest BCUT2D eigenvalue weighted by atomic mass is 9.56. The third-order valence-corrected chi connectivity index (χ3v) is 5.73. The van der Waals surface area contributed by atoms with E-state index < -0.39 is 0 Å². The normalized spacial score (nSPS) is 28.5. The van der Waals surface area contributed by atoms with Crippen LogP contribution in [-0.2, 0) is 4.74 Å². The van der Waals surface area contributed by atoms with Gasteiger partial charge < -0.3 is 9.64 Å². The van der Waals surface area contributed by atoms with Gasteiger partial charge in [-0.25, -0.2) is 9.37 Å². The molecule has 1 aromatic heterocycles. The summed E-state index contributed by atoms with van der Waals surface area (Å²) in [6, 6.07) is 7.68. The van der Waals surface area contributed by atoms with Crippen LogP contribution in [0.25, 0.3) is 10.9 Å². The van der Waals surface area contributed by atoms with E-state index in [1.807, 2.05) is 13.0 Å². The van der Waals surface area contributed by atoms with Crippen molar-refractivity contribution >= 4 is 16.6 Å².